The van der Waals surface area contributed by atoms with Gasteiger partial charge in [-0.3, -0.25) is 9.52 Å². The lowest BCUT2D eigenvalue weighted by molar-refractivity contribution is 0.0519. The van der Waals surface area contributed by atoms with E-state index in [-0.39, 0.29) is 24.5 Å². The highest BCUT2D eigenvalue weighted by atomic mass is 32.2. The van der Waals surface area contributed by atoms with E-state index in [1.165, 1.54) is 6.20 Å². The van der Waals surface area contributed by atoms with Gasteiger partial charge in [0.15, 0.2) is 0 Å². The van der Waals surface area contributed by atoms with E-state index in [9.17, 15) is 18.0 Å². The summed E-state index contributed by atoms with van der Waals surface area (Å²) in [5.74, 6) is -0.100. The third-order valence-electron chi connectivity index (χ3n) is 5.60. The molecule has 2 aromatic heterocycles. The number of carbonyl (C=O) groups is 2. The number of nitrogens with zero attached hydrogens (tertiary/aromatic N) is 3. The molecule has 0 aliphatic carbocycles. The van der Waals surface area contributed by atoms with Gasteiger partial charge in [0.2, 0.25) is 15.9 Å². The van der Waals surface area contributed by atoms with E-state index in [4.69, 9.17) is 20.3 Å². The molecule has 0 aliphatic heterocycles. The number of alkyl carbamates (subject to hydrolysis) is 1. The molecule has 14 heteroatoms. The van der Waals surface area contributed by atoms with Crippen molar-refractivity contribution in [1.82, 2.24) is 20.1 Å². The normalized spacial score (nSPS) is 12.0. The number of primary amides is 1. The maximum atomic E-state index is 12.8. The largest absolute Gasteiger partial charge is 0.476 e. The minimum atomic E-state index is -3.44. The Labute approximate surface area is 246 Å². The van der Waals surface area contributed by atoms with Crippen LogP contribution in [-0.4, -0.2) is 59.7 Å². The van der Waals surface area contributed by atoms with Crippen LogP contribution in [0.25, 0.3) is 11.3 Å². The van der Waals surface area contributed by atoms with Crippen molar-refractivity contribution >= 4 is 39.2 Å². The molecule has 3 aromatic rings. The lowest BCUT2D eigenvalue weighted by Crippen LogP contribution is -2.34. The van der Waals surface area contributed by atoms with Gasteiger partial charge in [0, 0.05) is 29.2 Å². The Morgan fingerprint density at radius 1 is 1.02 bits per heavy atom. The molecule has 2 heterocycles. The Kier molecular flexibility index (Phi) is 9.71. The molecule has 0 saturated carbocycles. The van der Waals surface area contributed by atoms with E-state index in [0.717, 1.165) is 0 Å². The number of carbonyl (C=O) groups excluding carboxylic acids is 2. The molecule has 0 atom stereocenters. The van der Waals surface area contributed by atoms with Crippen molar-refractivity contribution in [2.24, 2.45) is 5.73 Å². The molecule has 2 amide bonds. The minimum absolute atomic E-state index is 0.0592. The van der Waals surface area contributed by atoms with Gasteiger partial charge in [0.25, 0.3) is 5.91 Å². The van der Waals surface area contributed by atoms with E-state index >= 15 is 0 Å². The number of nitrogens with two attached hydrogens (primary N) is 1. The fourth-order valence-electron chi connectivity index (χ4n) is 3.73. The van der Waals surface area contributed by atoms with Crippen molar-refractivity contribution in [3.05, 3.63) is 48.2 Å². The predicted molar refractivity (Wildman–Crippen MR) is 162 cm³/mol. The Morgan fingerprint density at radius 2 is 1.69 bits per heavy atom. The molecule has 1 aromatic carbocycles. The van der Waals surface area contributed by atoms with Gasteiger partial charge >= 0.3 is 6.09 Å². The zero-order valence-corrected chi connectivity index (χ0v) is 25.8. The summed E-state index contributed by atoms with van der Waals surface area (Å²) in [7, 11) is -3.44. The van der Waals surface area contributed by atoms with E-state index in [1.807, 2.05) is 20.8 Å². The summed E-state index contributed by atoms with van der Waals surface area (Å²) in [5, 5.41) is 10.6. The first-order valence-corrected chi connectivity index (χ1v) is 15.0. The van der Waals surface area contributed by atoms with Crippen molar-refractivity contribution < 1.29 is 27.5 Å². The Morgan fingerprint density at radius 3 is 2.26 bits per heavy atom. The summed E-state index contributed by atoms with van der Waals surface area (Å²) in [6.07, 6.45) is 0.995. The number of ether oxygens (including phenoxy) is 2. The Bertz CT molecular complexity index is 1520. The van der Waals surface area contributed by atoms with Crippen LogP contribution < -0.4 is 25.8 Å². The van der Waals surface area contributed by atoms with Crippen LogP contribution in [0.15, 0.2) is 42.6 Å². The van der Waals surface area contributed by atoms with Gasteiger partial charge in [0.05, 0.1) is 17.8 Å². The quantitative estimate of drug-likeness (QED) is 0.234. The van der Waals surface area contributed by atoms with Crippen molar-refractivity contribution in [1.29, 1.82) is 0 Å². The third-order valence-corrected chi connectivity index (χ3v) is 6.90. The predicted octanol–water partition coefficient (Wildman–Crippen LogP) is 4.21. The molecule has 13 nitrogen and oxygen atoms in total. The molecule has 3 rings (SSSR count). The van der Waals surface area contributed by atoms with Crippen LogP contribution >= 0.6 is 0 Å². The standard InChI is InChI=1S/C28H39N7O6S/c1-8-42(38,39)34-19-11-9-18(10-12-19)23-22(24(29)36)25(35(33-23)27(2,3)4)32-20-13-14-30-21(17-20)40-16-15-31-26(37)41-28(5,6)7/h9-14,17,34H,8,15-16H2,1-7H3,(H2,29,36)(H,30,32)(H,31,37). The van der Waals surface area contributed by atoms with Gasteiger partial charge in [-0.2, -0.15) is 5.10 Å². The number of hydrogen-bond acceptors (Lipinski definition) is 9. The molecule has 0 unspecified atom stereocenters. The van der Waals surface area contributed by atoms with E-state index in [2.05, 4.69) is 20.3 Å². The monoisotopic (exact) mass is 601 g/mol. The van der Waals surface area contributed by atoms with Gasteiger partial charge < -0.3 is 25.8 Å². The maximum Gasteiger partial charge on any atom is 0.407 e. The van der Waals surface area contributed by atoms with E-state index in [0.29, 0.717) is 34.3 Å². The number of sulfonamides is 1. The Balaban J connectivity index is 1.86. The number of nitrogens with one attached hydrogen (secondary N) is 3. The number of aromatic nitrogens is 3. The van der Waals surface area contributed by atoms with Crippen molar-refractivity contribution in [3.63, 3.8) is 0 Å². The summed E-state index contributed by atoms with van der Waals surface area (Å²) in [6.45, 7) is 13.0. The van der Waals surface area contributed by atoms with Gasteiger partial charge in [-0.05, 0) is 66.7 Å². The van der Waals surface area contributed by atoms with Crippen LogP contribution in [0.1, 0.15) is 58.8 Å². The average molecular weight is 602 g/mol. The van der Waals surface area contributed by atoms with Crippen molar-refractivity contribution in [3.8, 4) is 17.1 Å². The first-order chi connectivity index (χ1) is 19.5. The molecule has 42 heavy (non-hydrogen) atoms. The van der Waals surface area contributed by atoms with Crippen LogP contribution in [-0.2, 0) is 20.3 Å². The van der Waals surface area contributed by atoms with Crippen molar-refractivity contribution in [2.75, 3.05) is 28.9 Å². The summed E-state index contributed by atoms with van der Waals surface area (Å²) in [6, 6.07) is 9.88. The van der Waals surface area contributed by atoms with Crippen LogP contribution in [0.3, 0.4) is 0 Å². The second-order valence-electron chi connectivity index (χ2n) is 11.4. The topological polar surface area (TPSA) is 180 Å². The number of hydrogen-bond donors (Lipinski definition) is 4. The van der Waals surface area contributed by atoms with Crippen molar-refractivity contribution in [2.45, 2.75) is 59.6 Å². The molecule has 0 bridgehead atoms. The second-order valence-corrected chi connectivity index (χ2v) is 13.4. The summed E-state index contributed by atoms with van der Waals surface area (Å²) < 4.78 is 38.9. The first kappa shape index (κ1) is 32.2. The molecule has 0 saturated heterocycles. The third kappa shape index (κ3) is 8.83. The molecular formula is C28H39N7O6S. The fraction of sp³-hybridized carbons (Fsp3) is 0.429. The minimum Gasteiger partial charge on any atom is -0.476 e. The number of rotatable bonds is 11. The zero-order valence-electron chi connectivity index (χ0n) is 24.9. The highest BCUT2D eigenvalue weighted by molar-refractivity contribution is 7.92. The molecular weight excluding hydrogens is 562 g/mol. The van der Waals surface area contributed by atoms with Gasteiger partial charge in [-0.15, -0.1) is 0 Å². The van der Waals surface area contributed by atoms with Crippen LogP contribution in [0, 0.1) is 0 Å². The lowest BCUT2D eigenvalue weighted by atomic mass is 10.1. The summed E-state index contributed by atoms with van der Waals surface area (Å²) in [4.78, 5) is 28.8. The average Bonchev–Trinajstić information content (AvgIpc) is 3.26. The highest BCUT2D eigenvalue weighted by Crippen LogP contribution is 2.35. The molecule has 0 aliphatic rings. The van der Waals surface area contributed by atoms with Crippen LogP contribution in [0.5, 0.6) is 5.88 Å². The highest BCUT2D eigenvalue weighted by Gasteiger charge is 2.29. The number of anilines is 3. The molecule has 5 N–H and O–H groups in total. The SMILES string of the molecule is CCS(=O)(=O)Nc1ccc(-c2nn(C(C)(C)C)c(Nc3ccnc(OCCNC(=O)OC(C)(C)C)c3)c2C(N)=O)cc1. The summed E-state index contributed by atoms with van der Waals surface area (Å²) >= 11 is 0. The van der Waals surface area contributed by atoms with Gasteiger partial charge in [-0.25, -0.2) is 22.9 Å². The maximum absolute atomic E-state index is 12.8. The smallest absolute Gasteiger partial charge is 0.407 e. The van der Waals surface area contributed by atoms with E-state index in [1.54, 1.807) is 68.8 Å². The molecule has 0 radical (unpaired) electrons. The zero-order chi connectivity index (χ0) is 31.3. The van der Waals surface area contributed by atoms with E-state index < -0.39 is 33.2 Å². The van der Waals surface area contributed by atoms with Crippen LogP contribution in [0.4, 0.5) is 22.0 Å². The fourth-order valence-corrected chi connectivity index (χ4v) is 4.37. The Hall–Kier alpha value is -4.33. The van der Waals surface area contributed by atoms with Gasteiger partial charge in [0.1, 0.15) is 29.3 Å². The molecule has 0 fully saturated rings. The molecule has 0 spiro atoms. The second kappa shape index (κ2) is 12.7. The number of benzene rings is 1. The number of amides is 2. The first-order valence-electron chi connectivity index (χ1n) is 13.4. The number of pyridine rings is 1. The molecule has 228 valence electrons. The van der Waals surface area contributed by atoms with Crippen LogP contribution in [0.2, 0.25) is 0 Å². The van der Waals surface area contributed by atoms with Gasteiger partial charge in [-0.1, -0.05) is 12.1 Å². The summed E-state index contributed by atoms with van der Waals surface area (Å²) in [5.41, 5.74) is 6.72. The lowest BCUT2D eigenvalue weighted by Gasteiger charge is -2.23.